The minimum atomic E-state index is -0.413. The first-order valence-electron chi connectivity index (χ1n) is 6.84. The van der Waals surface area contributed by atoms with Crippen LogP contribution < -0.4 is 11.1 Å². The molecule has 0 radical (unpaired) electrons. The molecule has 0 aliphatic heterocycles. The molecule has 1 aliphatic carbocycles. The predicted octanol–water partition coefficient (Wildman–Crippen LogP) is 2.30. The number of carbonyl (C=O) groups is 1. The fourth-order valence-corrected chi connectivity index (χ4v) is 2.49. The monoisotopic (exact) mass is 240 g/mol. The second-order valence-electron chi connectivity index (χ2n) is 6.73. The molecule has 1 aliphatic rings. The lowest BCUT2D eigenvalue weighted by Gasteiger charge is -2.29. The largest absolute Gasteiger partial charge is 0.354 e. The molecule has 1 rings (SSSR count). The Hall–Kier alpha value is -0.570. The Labute approximate surface area is 106 Å². The van der Waals surface area contributed by atoms with Gasteiger partial charge < -0.3 is 11.1 Å². The van der Waals surface area contributed by atoms with Gasteiger partial charge in [-0.25, -0.2) is 0 Å². The second kappa shape index (κ2) is 5.85. The van der Waals surface area contributed by atoms with Gasteiger partial charge >= 0.3 is 0 Å². The molecule has 2 unspecified atom stereocenters. The highest BCUT2D eigenvalue weighted by Crippen LogP contribution is 2.28. The smallest absolute Gasteiger partial charge is 0.237 e. The molecule has 17 heavy (non-hydrogen) atoms. The summed E-state index contributed by atoms with van der Waals surface area (Å²) in [5.74, 6) is 1.45. The normalized spacial score (nSPS) is 27.6. The van der Waals surface area contributed by atoms with E-state index >= 15 is 0 Å². The highest BCUT2D eigenvalue weighted by atomic mass is 16.2. The first-order valence-corrected chi connectivity index (χ1v) is 6.84. The van der Waals surface area contributed by atoms with Crippen molar-refractivity contribution >= 4 is 5.91 Å². The molecule has 0 aromatic heterocycles. The summed E-state index contributed by atoms with van der Waals surface area (Å²) < 4.78 is 0. The van der Waals surface area contributed by atoms with Crippen molar-refractivity contribution in [3.05, 3.63) is 0 Å². The average molecular weight is 240 g/mol. The van der Waals surface area contributed by atoms with E-state index in [1.54, 1.807) is 0 Å². The summed E-state index contributed by atoms with van der Waals surface area (Å²) in [6.45, 7) is 9.10. The van der Waals surface area contributed by atoms with Crippen molar-refractivity contribution in [2.75, 3.05) is 6.54 Å². The Morgan fingerprint density at radius 2 is 2.06 bits per heavy atom. The Bertz CT molecular complexity index is 257. The molecule has 0 spiro atoms. The van der Waals surface area contributed by atoms with Crippen LogP contribution in [0.2, 0.25) is 0 Å². The quantitative estimate of drug-likeness (QED) is 0.795. The number of rotatable bonds is 3. The Kier molecular flexibility index (Phi) is 4.99. The molecule has 0 aromatic carbocycles. The van der Waals surface area contributed by atoms with E-state index in [9.17, 15) is 4.79 Å². The van der Waals surface area contributed by atoms with Gasteiger partial charge in [-0.05, 0) is 30.1 Å². The van der Waals surface area contributed by atoms with Crippen molar-refractivity contribution in [3.8, 4) is 0 Å². The molecular formula is C14H28N2O. The predicted molar refractivity (Wildman–Crippen MR) is 71.6 cm³/mol. The van der Waals surface area contributed by atoms with Crippen molar-refractivity contribution in [1.29, 1.82) is 0 Å². The molecule has 0 saturated heterocycles. The van der Waals surface area contributed by atoms with Crippen molar-refractivity contribution in [1.82, 2.24) is 5.32 Å². The van der Waals surface area contributed by atoms with Crippen LogP contribution in [-0.2, 0) is 4.79 Å². The van der Waals surface area contributed by atoms with Crippen LogP contribution in [0.4, 0.5) is 0 Å². The van der Waals surface area contributed by atoms with Gasteiger partial charge in [-0.3, -0.25) is 4.79 Å². The summed E-state index contributed by atoms with van der Waals surface area (Å²) in [7, 11) is 0. The third-order valence-corrected chi connectivity index (χ3v) is 3.83. The molecule has 0 bridgehead atoms. The van der Waals surface area contributed by atoms with Gasteiger partial charge in [0.25, 0.3) is 0 Å². The van der Waals surface area contributed by atoms with E-state index < -0.39 is 6.04 Å². The lowest BCUT2D eigenvalue weighted by Crippen LogP contribution is -2.49. The topological polar surface area (TPSA) is 55.1 Å². The van der Waals surface area contributed by atoms with Gasteiger partial charge in [0.05, 0.1) is 6.04 Å². The molecule has 0 heterocycles. The molecule has 3 atom stereocenters. The third-order valence-electron chi connectivity index (χ3n) is 3.83. The number of nitrogens with two attached hydrogens (primary N) is 1. The fraction of sp³-hybridized carbons (Fsp3) is 0.929. The lowest BCUT2D eigenvalue weighted by atomic mass is 9.82. The van der Waals surface area contributed by atoms with Crippen molar-refractivity contribution in [3.63, 3.8) is 0 Å². The van der Waals surface area contributed by atoms with Crippen LogP contribution in [0, 0.1) is 17.3 Å². The molecule has 1 amide bonds. The maximum absolute atomic E-state index is 11.9. The van der Waals surface area contributed by atoms with Gasteiger partial charge in [-0.2, -0.15) is 0 Å². The van der Waals surface area contributed by atoms with Gasteiger partial charge in [0.2, 0.25) is 5.91 Å². The zero-order valence-electron chi connectivity index (χ0n) is 11.8. The van der Waals surface area contributed by atoms with Gasteiger partial charge in [-0.1, -0.05) is 40.5 Å². The van der Waals surface area contributed by atoms with Gasteiger partial charge in [0, 0.05) is 6.54 Å². The van der Waals surface area contributed by atoms with Crippen LogP contribution >= 0.6 is 0 Å². The minimum Gasteiger partial charge on any atom is -0.354 e. The Balaban J connectivity index is 2.33. The van der Waals surface area contributed by atoms with Crippen LogP contribution in [0.3, 0.4) is 0 Å². The van der Waals surface area contributed by atoms with Crippen molar-refractivity contribution < 1.29 is 4.79 Å². The summed E-state index contributed by atoms with van der Waals surface area (Å²) in [4.78, 5) is 11.9. The Morgan fingerprint density at radius 3 is 2.59 bits per heavy atom. The average Bonchev–Trinajstić information content (AvgIpc) is 2.23. The molecular weight excluding hydrogens is 212 g/mol. The molecule has 1 fully saturated rings. The van der Waals surface area contributed by atoms with Crippen LogP contribution in [0.25, 0.3) is 0 Å². The van der Waals surface area contributed by atoms with Crippen LogP contribution in [0.5, 0.6) is 0 Å². The van der Waals surface area contributed by atoms with Crippen molar-refractivity contribution in [2.24, 2.45) is 23.0 Å². The highest BCUT2D eigenvalue weighted by molar-refractivity contribution is 5.82. The number of amides is 1. The molecule has 3 nitrogen and oxygen atoms in total. The molecule has 3 heteroatoms. The maximum Gasteiger partial charge on any atom is 0.237 e. The lowest BCUT2D eigenvalue weighted by molar-refractivity contribution is -0.124. The van der Waals surface area contributed by atoms with Gasteiger partial charge in [-0.15, -0.1) is 0 Å². The first-order chi connectivity index (χ1) is 7.80. The summed E-state index contributed by atoms with van der Waals surface area (Å²) >= 11 is 0. The van der Waals surface area contributed by atoms with E-state index in [0.29, 0.717) is 5.92 Å². The summed E-state index contributed by atoms with van der Waals surface area (Å²) in [6.07, 6.45) is 5.12. The summed E-state index contributed by atoms with van der Waals surface area (Å²) in [5.41, 5.74) is 5.76. The van der Waals surface area contributed by atoms with E-state index in [1.807, 2.05) is 20.8 Å². The maximum atomic E-state index is 11.9. The zero-order valence-corrected chi connectivity index (χ0v) is 11.8. The molecule has 1 saturated carbocycles. The molecule has 100 valence electrons. The summed E-state index contributed by atoms with van der Waals surface area (Å²) in [6, 6.07) is -0.413. The van der Waals surface area contributed by atoms with E-state index in [2.05, 4.69) is 12.2 Å². The van der Waals surface area contributed by atoms with E-state index in [4.69, 9.17) is 5.73 Å². The number of hydrogen-bond donors (Lipinski definition) is 2. The Morgan fingerprint density at radius 1 is 1.41 bits per heavy atom. The van der Waals surface area contributed by atoms with E-state index in [-0.39, 0.29) is 11.3 Å². The van der Waals surface area contributed by atoms with Gasteiger partial charge in [0.1, 0.15) is 0 Å². The van der Waals surface area contributed by atoms with Gasteiger partial charge in [0.15, 0.2) is 0 Å². The molecule has 3 N–H and O–H groups in total. The number of carbonyl (C=O) groups excluding carboxylic acids is 1. The molecule has 0 aromatic rings. The van der Waals surface area contributed by atoms with E-state index in [1.165, 1.54) is 25.7 Å². The standard InChI is InChI=1S/C14H28N2O/c1-10-6-5-7-11(8-10)9-16-13(17)12(15)14(2,3)4/h10-12H,5-9,15H2,1-4H3,(H,16,17)/t10?,11?,12-/m0/s1. The van der Waals surface area contributed by atoms with Crippen LogP contribution in [-0.4, -0.2) is 18.5 Å². The summed E-state index contributed by atoms with van der Waals surface area (Å²) in [5, 5.41) is 3.02. The first kappa shape index (κ1) is 14.5. The van der Waals surface area contributed by atoms with E-state index in [0.717, 1.165) is 12.5 Å². The van der Waals surface area contributed by atoms with Crippen molar-refractivity contribution in [2.45, 2.75) is 59.4 Å². The highest BCUT2D eigenvalue weighted by Gasteiger charge is 2.28. The second-order valence-corrected chi connectivity index (χ2v) is 6.73. The number of hydrogen-bond acceptors (Lipinski definition) is 2. The SMILES string of the molecule is CC1CCCC(CNC(=O)[C@H](N)C(C)(C)C)C1. The number of nitrogens with one attached hydrogen (secondary N) is 1. The zero-order chi connectivity index (χ0) is 13.1. The third kappa shape index (κ3) is 4.66. The fourth-order valence-electron chi connectivity index (χ4n) is 2.49. The van der Waals surface area contributed by atoms with Crippen LogP contribution in [0.15, 0.2) is 0 Å². The van der Waals surface area contributed by atoms with Crippen LogP contribution in [0.1, 0.15) is 53.4 Å². The minimum absolute atomic E-state index is 0.00396.